The molecule has 1 saturated carbocycles. The van der Waals surface area contributed by atoms with E-state index in [1.807, 2.05) is 0 Å². The summed E-state index contributed by atoms with van der Waals surface area (Å²) in [6.45, 7) is 8.01. The van der Waals surface area contributed by atoms with Gasteiger partial charge in [-0.1, -0.05) is 44.2 Å². The molecule has 2 heteroatoms. The zero-order valence-electron chi connectivity index (χ0n) is 12.2. The Bertz CT molecular complexity index is 426. The lowest BCUT2D eigenvalue weighted by atomic mass is 10.0. The fourth-order valence-corrected chi connectivity index (χ4v) is 4.27. The van der Waals surface area contributed by atoms with E-state index in [-0.39, 0.29) is 0 Å². The van der Waals surface area contributed by atoms with E-state index in [9.17, 15) is 0 Å². The largest absolute Gasteiger partial charge is 0.330 e. The molecule has 0 amide bonds. The van der Waals surface area contributed by atoms with Crippen LogP contribution >= 0.6 is 0 Å². The highest BCUT2D eigenvalue weighted by Crippen LogP contribution is 2.61. The van der Waals surface area contributed by atoms with Gasteiger partial charge in [-0.25, -0.2) is 0 Å². The van der Waals surface area contributed by atoms with Crippen molar-refractivity contribution in [2.45, 2.75) is 39.3 Å². The molecule has 0 spiro atoms. The molecule has 1 aliphatic carbocycles. The van der Waals surface area contributed by atoms with Crippen molar-refractivity contribution in [2.75, 3.05) is 13.1 Å². The fraction of sp³-hybridized carbons (Fsp3) is 0.647. The Labute approximate surface area is 117 Å². The highest BCUT2D eigenvalue weighted by atomic mass is 15.2. The zero-order chi connectivity index (χ0) is 13.5. The summed E-state index contributed by atoms with van der Waals surface area (Å²) in [5.74, 6) is 1.54. The lowest BCUT2D eigenvalue weighted by Crippen LogP contribution is -2.32. The van der Waals surface area contributed by atoms with Crippen molar-refractivity contribution in [3.05, 3.63) is 35.9 Å². The highest BCUT2D eigenvalue weighted by Gasteiger charge is 2.61. The van der Waals surface area contributed by atoms with E-state index >= 15 is 0 Å². The summed E-state index contributed by atoms with van der Waals surface area (Å²) in [5, 5.41) is 0. The molecule has 0 aromatic heterocycles. The number of nitrogens with zero attached hydrogens (tertiary/aromatic N) is 1. The molecule has 0 bridgehead atoms. The molecule has 1 aliphatic heterocycles. The second-order valence-electron chi connectivity index (χ2n) is 6.85. The van der Waals surface area contributed by atoms with Crippen molar-refractivity contribution >= 4 is 0 Å². The number of nitrogens with two attached hydrogens (primary N) is 1. The predicted octanol–water partition coefficient (Wildman–Crippen LogP) is 2.88. The van der Waals surface area contributed by atoms with Crippen LogP contribution in [0.2, 0.25) is 0 Å². The third kappa shape index (κ3) is 2.32. The van der Waals surface area contributed by atoms with Crippen LogP contribution in [-0.2, 0) is 6.54 Å². The van der Waals surface area contributed by atoms with Gasteiger partial charge in [-0.3, -0.25) is 4.90 Å². The summed E-state index contributed by atoms with van der Waals surface area (Å²) in [6, 6.07) is 11.6. The van der Waals surface area contributed by atoms with Crippen molar-refractivity contribution in [3.63, 3.8) is 0 Å². The molecule has 3 atom stereocenters. The third-order valence-electron chi connectivity index (χ3n) is 5.45. The number of benzene rings is 1. The molecule has 2 N–H and O–H groups in total. The molecular formula is C17H26N2. The quantitative estimate of drug-likeness (QED) is 0.900. The van der Waals surface area contributed by atoms with Crippen molar-refractivity contribution in [3.8, 4) is 0 Å². The molecule has 1 aromatic rings. The monoisotopic (exact) mass is 258 g/mol. The molecule has 1 unspecified atom stereocenters. The molecule has 3 rings (SSSR count). The van der Waals surface area contributed by atoms with Crippen LogP contribution in [0.5, 0.6) is 0 Å². The van der Waals surface area contributed by atoms with Crippen LogP contribution in [0.4, 0.5) is 0 Å². The van der Waals surface area contributed by atoms with Gasteiger partial charge in [0.15, 0.2) is 0 Å². The van der Waals surface area contributed by atoms with Crippen molar-refractivity contribution < 1.29 is 0 Å². The number of hydrogen-bond acceptors (Lipinski definition) is 2. The van der Waals surface area contributed by atoms with Crippen LogP contribution in [0.25, 0.3) is 0 Å². The smallest absolute Gasteiger partial charge is 0.0236 e. The molecule has 2 fully saturated rings. The van der Waals surface area contributed by atoms with Gasteiger partial charge in [0.25, 0.3) is 0 Å². The predicted molar refractivity (Wildman–Crippen MR) is 79.7 cm³/mol. The van der Waals surface area contributed by atoms with E-state index in [1.165, 1.54) is 24.9 Å². The first-order chi connectivity index (χ1) is 9.14. The van der Waals surface area contributed by atoms with Crippen molar-refractivity contribution in [2.24, 2.45) is 23.0 Å². The lowest BCUT2D eigenvalue weighted by molar-refractivity contribution is 0.206. The van der Waals surface area contributed by atoms with Crippen LogP contribution in [0.3, 0.4) is 0 Å². The highest BCUT2D eigenvalue weighted by molar-refractivity contribution is 5.16. The summed E-state index contributed by atoms with van der Waals surface area (Å²) < 4.78 is 0. The molecule has 2 nitrogen and oxygen atoms in total. The van der Waals surface area contributed by atoms with Gasteiger partial charge in [0.2, 0.25) is 0 Å². The SMILES string of the molecule is CC1(C)[C@@H](CN)[C@@H]1C1CCCN1Cc1ccccc1. The van der Waals surface area contributed by atoms with Gasteiger partial charge >= 0.3 is 0 Å². The van der Waals surface area contributed by atoms with Crippen LogP contribution < -0.4 is 5.73 Å². The molecule has 2 aliphatic rings. The first-order valence-electron chi connectivity index (χ1n) is 7.62. The Kier molecular flexibility index (Phi) is 3.40. The Morgan fingerprint density at radius 2 is 2.00 bits per heavy atom. The molecule has 19 heavy (non-hydrogen) atoms. The molecule has 1 saturated heterocycles. The van der Waals surface area contributed by atoms with Gasteiger partial charge in [-0.05, 0) is 48.7 Å². The third-order valence-corrected chi connectivity index (χ3v) is 5.45. The zero-order valence-corrected chi connectivity index (χ0v) is 12.2. The van der Waals surface area contributed by atoms with E-state index in [1.54, 1.807) is 0 Å². The number of likely N-dealkylation sites (tertiary alicyclic amines) is 1. The van der Waals surface area contributed by atoms with E-state index in [0.717, 1.165) is 31.0 Å². The Morgan fingerprint density at radius 3 is 2.63 bits per heavy atom. The van der Waals surface area contributed by atoms with Gasteiger partial charge in [0.1, 0.15) is 0 Å². The molecule has 1 aromatic carbocycles. The van der Waals surface area contributed by atoms with E-state index in [0.29, 0.717) is 5.41 Å². The maximum Gasteiger partial charge on any atom is 0.0236 e. The lowest BCUT2D eigenvalue weighted by Gasteiger charge is -2.26. The average Bonchev–Trinajstić information content (AvgIpc) is 2.72. The minimum atomic E-state index is 0.457. The van der Waals surface area contributed by atoms with Gasteiger partial charge < -0.3 is 5.73 Å². The topological polar surface area (TPSA) is 29.3 Å². The summed E-state index contributed by atoms with van der Waals surface area (Å²) >= 11 is 0. The van der Waals surface area contributed by atoms with Crippen LogP contribution in [0, 0.1) is 17.3 Å². The summed E-state index contributed by atoms with van der Waals surface area (Å²) in [4.78, 5) is 2.69. The summed E-state index contributed by atoms with van der Waals surface area (Å²) in [7, 11) is 0. The minimum Gasteiger partial charge on any atom is -0.330 e. The second-order valence-corrected chi connectivity index (χ2v) is 6.85. The maximum atomic E-state index is 5.95. The molecule has 1 heterocycles. The van der Waals surface area contributed by atoms with Crippen molar-refractivity contribution in [1.29, 1.82) is 0 Å². The fourth-order valence-electron chi connectivity index (χ4n) is 4.27. The summed E-state index contributed by atoms with van der Waals surface area (Å²) in [6.07, 6.45) is 2.71. The van der Waals surface area contributed by atoms with E-state index in [4.69, 9.17) is 5.73 Å². The average molecular weight is 258 g/mol. The first kappa shape index (κ1) is 13.1. The van der Waals surface area contributed by atoms with Crippen LogP contribution in [0.15, 0.2) is 30.3 Å². The molecular weight excluding hydrogens is 232 g/mol. The molecule has 0 radical (unpaired) electrons. The number of rotatable bonds is 4. The Balaban J connectivity index is 1.69. The molecule has 104 valence electrons. The Morgan fingerprint density at radius 1 is 1.26 bits per heavy atom. The number of hydrogen-bond donors (Lipinski definition) is 1. The first-order valence-corrected chi connectivity index (χ1v) is 7.62. The van der Waals surface area contributed by atoms with E-state index < -0.39 is 0 Å². The Hall–Kier alpha value is -0.860. The normalized spacial score (nSPS) is 33.5. The standard InChI is InChI=1S/C17H26N2/c1-17(2)14(11-18)16(17)15-9-6-10-19(15)12-13-7-4-3-5-8-13/h3-5,7-8,14-16H,6,9-12,18H2,1-2H3/t14-,15?,16+/m0/s1. The van der Waals surface area contributed by atoms with Gasteiger partial charge in [-0.2, -0.15) is 0 Å². The van der Waals surface area contributed by atoms with Crippen LogP contribution in [-0.4, -0.2) is 24.0 Å². The van der Waals surface area contributed by atoms with Gasteiger partial charge in [-0.15, -0.1) is 0 Å². The summed E-state index contributed by atoms with van der Waals surface area (Å²) in [5.41, 5.74) is 7.85. The maximum absolute atomic E-state index is 5.95. The van der Waals surface area contributed by atoms with Gasteiger partial charge in [0, 0.05) is 12.6 Å². The van der Waals surface area contributed by atoms with Crippen LogP contribution in [0.1, 0.15) is 32.3 Å². The van der Waals surface area contributed by atoms with Gasteiger partial charge in [0.05, 0.1) is 0 Å². The van der Waals surface area contributed by atoms with Crippen molar-refractivity contribution in [1.82, 2.24) is 4.90 Å². The minimum absolute atomic E-state index is 0.457. The van der Waals surface area contributed by atoms with E-state index in [2.05, 4.69) is 49.1 Å². The second kappa shape index (κ2) is 4.92.